The molecule has 0 spiro atoms. The molecule has 2 heterocycles. The van der Waals surface area contributed by atoms with E-state index in [1.165, 1.54) is 10.9 Å². The van der Waals surface area contributed by atoms with Gasteiger partial charge in [-0.1, -0.05) is 5.21 Å². The van der Waals surface area contributed by atoms with Crippen LogP contribution in [0.1, 0.15) is 16.5 Å². The van der Waals surface area contributed by atoms with Gasteiger partial charge in [0.15, 0.2) is 5.69 Å². The molecule has 0 saturated carbocycles. The lowest BCUT2D eigenvalue weighted by Crippen LogP contribution is -2.52. The van der Waals surface area contributed by atoms with Gasteiger partial charge in [-0.05, 0) is 0 Å². The highest BCUT2D eigenvalue weighted by molar-refractivity contribution is 5.84. The fraction of sp³-hybridized carbons (Fsp3) is 0.500. The number of aromatic carboxylic acids is 1. The van der Waals surface area contributed by atoms with E-state index in [1.54, 1.807) is 4.90 Å². The zero-order valence-electron chi connectivity index (χ0n) is 8.41. The van der Waals surface area contributed by atoms with Gasteiger partial charge in [-0.25, -0.2) is 9.48 Å². The maximum absolute atomic E-state index is 11.1. The van der Waals surface area contributed by atoms with Crippen LogP contribution in [0.5, 0.6) is 0 Å². The van der Waals surface area contributed by atoms with Crippen molar-refractivity contribution in [2.45, 2.75) is 6.04 Å². The van der Waals surface area contributed by atoms with Crippen molar-refractivity contribution in [1.29, 1.82) is 0 Å². The first-order valence-corrected chi connectivity index (χ1v) is 4.74. The molecular weight excluding hydrogens is 214 g/mol. The average molecular weight is 225 g/mol. The van der Waals surface area contributed by atoms with Crippen LogP contribution in [0, 0.1) is 0 Å². The third-order valence-electron chi connectivity index (χ3n) is 2.49. The molecule has 0 atom stereocenters. The molecule has 1 aliphatic rings. The minimum absolute atomic E-state index is 0.00361. The Labute approximate surface area is 90.6 Å². The Morgan fingerprint density at radius 2 is 2.25 bits per heavy atom. The van der Waals surface area contributed by atoms with Gasteiger partial charge in [-0.3, -0.25) is 4.79 Å². The number of carboxylic acid groups (broad SMARTS) is 1. The molecule has 3 N–H and O–H groups in total. The number of nitrogens with zero attached hydrogens (tertiary/aromatic N) is 4. The Morgan fingerprint density at radius 3 is 2.75 bits per heavy atom. The van der Waals surface area contributed by atoms with Crippen LogP contribution in [-0.4, -0.2) is 56.5 Å². The number of rotatable bonds is 3. The first-order valence-electron chi connectivity index (χ1n) is 4.74. The molecule has 86 valence electrons. The zero-order chi connectivity index (χ0) is 11.7. The van der Waals surface area contributed by atoms with Crippen molar-refractivity contribution < 1.29 is 14.7 Å². The van der Waals surface area contributed by atoms with E-state index < -0.39 is 5.97 Å². The standard InChI is InChI=1S/C8H11N5O3/c9-1-7(14)12-2-5(3-12)13-4-6(8(15)16)10-11-13/h4-5H,1-3,9H2,(H,15,16). The highest BCUT2D eigenvalue weighted by Gasteiger charge is 2.32. The van der Waals surface area contributed by atoms with Crippen LogP contribution in [-0.2, 0) is 4.79 Å². The fourth-order valence-electron chi connectivity index (χ4n) is 1.51. The number of hydrogen-bond acceptors (Lipinski definition) is 5. The molecule has 8 heteroatoms. The van der Waals surface area contributed by atoms with Gasteiger partial charge < -0.3 is 15.7 Å². The number of aromatic nitrogens is 3. The van der Waals surface area contributed by atoms with Gasteiger partial charge in [0.1, 0.15) is 0 Å². The molecular formula is C8H11N5O3. The van der Waals surface area contributed by atoms with Gasteiger partial charge in [0.2, 0.25) is 5.91 Å². The maximum Gasteiger partial charge on any atom is 0.358 e. The summed E-state index contributed by atoms with van der Waals surface area (Å²) in [5.41, 5.74) is 5.11. The molecule has 1 aromatic heterocycles. The third kappa shape index (κ3) is 1.74. The Hall–Kier alpha value is -1.96. The summed E-state index contributed by atoms with van der Waals surface area (Å²) in [7, 11) is 0. The van der Waals surface area contributed by atoms with E-state index in [9.17, 15) is 9.59 Å². The van der Waals surface area contributed by atoms with Crippen LogP contribution in [0.2, 0.25) is 0 Å². The number of carboxylic acids is 1. The Bertz CT molecular complexity index is 423. The van der Waals surface area contributed by atoms with E-state index in [-0.39, 0.29) is 24.2 Å². The maximum atomic E-state index is 11.1. The topological polar surface area (TPSA) is 114 Å². The van der Waals surface area contributed by atoms with Gasteiger partial charge in [0.25, 0.3) is 0 Å². The number of carbonyl (C=O) groups excluding carboxylic acids is 1. The van der Waals surface area contributed by atoms with Crippen molar-refractivity contribution in [1.82, 2.24) is 19.9 Å². The lowest BCUT2D eigenvalue weighted by atomic mass is 10.1. The van der Waals surface area contributed by atoms with Crippen LogP contribution >= 0.6 is 0 Å². The molecule has 0 aliphatic carbocycles. The van der Waals surface area contributed by atoms with Crippen molar-refractivity contribution in [3.63, 3.8) is 0 Å². The van der Waals surface area contributed by atoms with Gasteiger partial charge in [0.05, 0.1) is 18.8 Å². The molecule has 1 fully saturated rings. The van der Waals surface area contributed by atoms with Crippen LogP contribution in [0.25, 0.3) is 0 Å². The van der Waals surface area contributed by atoms with E-state index >= 15 is 0 Å². The summed E-state index contributed by atoms with van der Waals surface area (Å²) in [6.45, 7) is 0.987. The molecule has 8 nitrogen and oxygen atoms in total. The molecule has 16 heavy (non-hydrogen) atoms. The van der Waals surface area contributed by atoms with E-state index in [2.05, 4.69) is 10.3 Å². The molecule has 0 bridgehead atoms. The Balaban J connectivity index is 1.96. The highest BCUT2D eigenvalue weighted by Crippen LogP contribution is 2.19. The summed E-state index contributed by atoms with van der Waals surface area (Å²) in [4.78, 5) is 23.3. The highest BCUT2D eigenvalue weighted by atomic mass is 16.4. The molecule has 2 rings (SSSR count). The first kappa shape index (κ1) is 10.6. The predicted molar refractivity (Wildman–Crippen MR) is 51.7 cm³/mol. The number of likely N-dealkylation sites (tertiary alicyclic amines) is 1. The van der Waals surface area contributed by atoms with Crippen molar-refractivity contribution >= 4 is 11.9 Å². The first-order chi connectivity index (χ1) is 7.61. The van der Waals surface area contributed by atoms with Crippen molar-refractivity contribution in [2.24, 2.45) is 5.73 Å². The van der Waals surface area contributed by atoms with Gasteiger partial charge in [0, 0.05) is 13.1 Å². The molecule has 0 unspecified atom stereocenters. The summed E-state index contributed by atoms with van der Waals surface area (Å²) < 4.78 is 1.46. The van der Waals surface area contributed by atoms with E-state index in [1.807, 2.05) is 0 Å². The summed E-state index contributed by atoms with van der Waals surface area (Å²) in [6.07, 6.45) is 1.36. The van der Waals surface area contributed by atoms with Crippen molar-refractivity contribution in [3.8, 4) is 0 Å². The summed E-state index contributed by atoms with van der Waals surface area (Å²) >= 11 is 0. The normalized spacial score (nSPS) is 15.9. The van der Waals surface area contributed by atoms with Gasteiger partial charge in [-0.15, -0.1) is 5.10 Å². The van der Waals surface area contributed by atoms with Crippen LogP contribution in [0.15, 0.2) is 6.20 Å². The average Bonchev–Trinajstić information content (AvgIpc) is 2.64. The predicted octanol–water partition coefficient (Wildman–Crippen LogP) is -1.68. The smallest absolute Gasteiger partial charge is 0.358 e. The summed E-state index contributed by atoms with van der Waals surface area (Å²) in [5, 5.41) is 15.8. The summed E-state index contributed by atoms with van der Waals surface area (Å²) in [5.74, 6) is -1.23. The van der Waals surface area contributed by atoms with Crippen molar-refractivity contribution in [3.05, 3.63) is 11.9 Å². The van der Waals surface area contributed by atoms with Gasteiger partial charge in [-0.2, -0.15) is 0 Å². The Kier molecular flexibility index (Phi) is 2.57. The molecule has 0 radical (unpaired) electrons. The molecule has 1 aliphatic heterocycles. The number of carbonyl (C=O) groups is 2. The SMILES string of the molecule is NCC(=O)N1CC(n2cc(C(=O)O)nn2)C1. The second kappa shape index (κ2) is 3.89. The largest absolute Gasteiger partial charge is 0.476 e. The minimum Gasteiger partial charge on any atom is -0.476 e. The van der Waals surface area contributed by atoms with Crippen LogP contribution in [0.3, 0.4) is 0 Å². The van der Waals surface area contributed by atoms with Crippen LogP contribution in [0.4, 0.5) is 0 Å². The third-order valence-corrected chi connectivity index (χ3v) is 2.49. The molecule has 1 saturated heterocycles. The monoisotopic (exact) mass is 225 g/mol. The van der Waals surface area contributed by atoms with E-state index in [0.29, 0.717) is 13.1 Å². The molecule has 1 amide bonds. The lowest BCUT2D eigenvalue weighted by Gasteiger charge is -2.38. The fourth-order valence-corrected chi connectivity index (χ4v) is 1.51. The van der Waals surface area contributed by atoms with Crippen molar-refractivity contribution in [2.75, 3.05) is 19.6 Å². The quantitative estimate of drug-likeness (QED) is 0.634. The van der Waals surface area contributed by atoms with Gasteiger partial charge >= 0.3 is 5.97 Å². The number of amides is 1. The van der Waals surface area contributed by atoms with Crippen LogP contribution < -0.4 is 5.73 Å². The summed E-state index contributed by atoms with van der Waals surface area (Å²) in [6, 6.07) is -0.00361. The Morgan fingerprint density at radius 1 is 1.56 bits per heavy atom. The zero-order valence-corrected chi connectivity index (χ0v) is 8.41. The second-order valence-corrected chi connectivity index (χ2v) is 3.55. The van der Waals surface area contributed by atoms with E-state index in [4.69, 9.17) is 10.8 Å². The lowest BCUT2D eigenvalue weighted by molar-refractivity contribution is -0.135. The molecule has 0 aromatic carbocycles. The number of hydrogen-bond donors (Lipinski definition) is 2. The van der Waals surface area contributed by atoms with E-state index in [0.717, 1.165) is 0 Å². The second-order valence-electron chi connectivity index (χ2n) is 3.55. The minimum atomic E-state index is -1.11. The number of nitrogens with two attached hydrogens (primary N) is 1. The molecule has 1 aromatic rings.